The topological polar surface area (TPSA) is 17.3 Å². The normalized spacial score (nSPS) is 11.7. The van der Waals surface area contributed by atoms with Crippen LogP contribution in [0.15, 0.2) is 65.5 Å². The van der Waals surface area contributed by atoms with Gasteiger partial charge in [-0.1, -0.05) is 40.9 Å². The second kappa shape index (κ2) is 7.58. The Kier molecular flexibility index (Phi) is 5.47. The molecule has 3 rings (SSSR count). The zero-order valence-electron chi connectivity index (χ0n) is 12.5. The van der Waals surface area contributed by atoms with E-state index in [1.165, 1.54) is 0 Å². The molecule has 0 saturated heterocycles. The fraction of sp³-hybridized carbons (Fsp3) is 0.0556. The molecule has 122 valence electrons. The summed E-state index contributed by atoms with van der Waals surface area (Å²) < 4.78 is 2.07. The van der Waals surface area contributed by atoms with Gasteiger partial charge in [0.1, 0.15) is 0 Å². The summed E-state index contributed by atoms with van der Waals surface area (Å²) in [6, 6.07) is 12.9. The van der Waals surface area contributed by atoms with Gasteiger partial charge in [-0.3, -0.25) is 0 Å². The highest BCUT2D eigenvalue weighted by atomic mass is 35.5. The van der Waals surface area contributed by atoms with Crippen LogP contribution in [-0.2, 0) is 6.54 Å². The third kappa shape index (κ3) is 3.76. The average molecular weight is 396 g/mol. The van der Waals surface area contributed by atoms with Gasteiger partial charge in [0.05, 0.1) is 16.4 Å². The molecule has 0 aliphatic rings. The molecule has 0 bridgehead atoms. The second-order valence-electron chi connectivity index (χ2n) is 5.02. The molecule has 6 heteroatoms. The predicted molar refractivity (Wildman–Crippen MR) is 105 cm³/mol. The van der Waals surface area contributed by atoms with Crippen molar-refractivity contribution in [3.63, 3.8) is 0 Å². The van der Waals surface area contributed by atoms with E-state index in [0.29, 0.717) is 21.6 Å². The van der Waals surface area contributed by atoms with Gasteiger partial charge in [-0.05, 0) is 42.5 Å². The highest BCUT2D eigenvalue weighted by Gasteiger charge is 2.11. The fourth-order valence-corrected chi connectivity index (χ4v) is 3.82. The van der Waals surface area contributed by atoms with Crippen molar-refractivity contribution in [3.05, 3.63) is 80.4 Å². The molecule has 2 aromatic carbocycles. The third-order valence-electron chi connectivity index (χ3n) is 3.37. The monoisotopic (exact) mass is 394 g/mol. The molecule has 0 N–H and O–H groups in total. The largest absolute Gasteiger partial charge is 0.313 e. The van der Waals surface area contributed by atoms with Crippen LogP contribution in [-0.4, -0.2) is 4.57 Å². The highest BCUT2D eigenvalue weighted by Crippen LogP contribution is 2.31. The van der Waals surface area contributed by atoms with Gasteiger partial charge in [0.2, 0.25) is 0 Å². The molecule has 2 nitrogen and oxygen atoms in total. The van der Waals surface area contributed by atoms with E-state index >= 15 is 0 Å². The van der Waals surface area contributed by atoms with Crippen LogP contribution in [0.25, 0.3) is 11.3 Å². The van der Waals surface area contributed by atoms with E-state index in [9.17, 15) is 0 Å². The zero-order chi connectivity index (χ0) is 17.1. The summed E-state index contributed by atoms with van der Waals surface area (Å²) in [7, 11) is 0. The molecule has 0 amide bonds. The van der Waals surface area contributed by atoms with Crippen LogP contribution in [0.4, 0.5) is 5.69 Å². The Morgan fingerprint density at radius 1 is 1.04 bits per heavy atom. The number of nitrogens with zero attached hydrogens (tertiary/aromatic N) is 2. The number of hydrogen-bond acceptors (Lipinski definition) is 2. The van der Waals surface area contributed by atoms with E-state index in [0.717, 1.165) is 21.7 Å². The van der Waals surface area contributed by atoms with Gasteiger partial charge in [-0.15, -0.1) is 17.9 Å². The number of thiazole rings is 1. The number of aromatic nitrogens is 1. The van der Waals surface area contributed by atoms with Crippen molar-refractivity contribution in [1.29, 1.82) is 0 Å². The number of benzene rings is 2. The predicted octanol–water partition coefficient (Wildman–Crippen LogP) is 6.60. The first-order valence-electron chi connectivity index (χ1n) is 7.13. The second-order valence-corrected chi connectivity index (χ2v) is 7.13. The van der Waals surface area contributed by atoms with Crippen LogP contribution in [0.5, 0.6) is 0 Å². The lowest BCUT2D eigenvalue weighted by atomic mass is 10.1. The molecule has 0 atom stereocenters. The van der Waals surface area contributed by atoms with Crippen LogP contribution in [0.2, 0.25) is 15.1 Å². The summed E-state index contributed by atoms with van der Waals surface area (Å²) in [5.41, 5.74) is 2.74. The van der Waals surface area contributed by atoms with Crippen molar-refractivity contribution in [3.8, 4) is 11.3 Å². The van der Waals surface area contributed by atoms with E-state index in [-0.39, 0.29) is 0 Å². The van der Waals surface area contributed by atoms with Crippen LogP contribution < -0.4 is 4.80 Å². The average Bonchev–Trinajstić information content (AvgIpc) is 2.93. The first kappa shape index (κ1) is 17.3. The maximum Gasteiger partial charge on any atom is 0.190 e. The molecule has 24 heavy (non-hydrogen) atoms. The Bertz CT molecular complexity index is 940. The van der Waals surface area contributed by atoms with E-state index in [1.54, 1.807) is 17.4 Å². The maximum absolute atomic E-state index is 6.36. The summed E-state index contributed by atoms with van der Waals surface area (Å²) >= 11 is 19.8. The van der Waals surface area contributed by atoms with Crippen molar-refractivity contribution < 1.29 is 0 Å². The minimum atomic E-state index is 0.608. The molecule has 0 spiro atoms. The number of allylic oxidation sites excluding steroid dienone is 1. The van der Waals surface area contributed by atoms with Gasteiger partial charge < -0.3 is 4.57 Å². The first-order chi connectivity index (χ1) is 11.6. The molecule has 0 aliphatic carbocycles. The van der Waals surface area contributed by atoms with Crippen molar-refractivity contribution in [2.45, 2.75) is 6.54 Å². The van der Waals surface area contributed by atoms with Crippen LogP contribution >= 0.6 is 46.1 Å². The minimum Gasteiger partial charge on any atom is -0.313 e. The summed E-state index contributed by atoms with van der Waals surface area (Å²) in [6.45, 7) is 4.47. The summed E-state index contributed by atoms with van der Waals surface area (Å²) in [5.74, 6) is 0. The van der Waals surface area contributed by atoms with E-state index in [4.69, 9.17) is 39.8 Å². The Labute approximate surface area is 159 Å². The van der Waals surface area contributed by atoms with Gasteiger partial charge in [0.25, 0.3) is 0 Å². The van der Waals surface area contributed by atoms with Gasteiger partial charge >= 0.3 is 0 Å². The minimum absolute atomic E-state index is 0.608. The fourth-order valence-electron chi connectivity index (χ4n) is 2.26. The summed E-state index contributed by atoms with van der Waals surface area (Å²) in [5, 5.41) is 3.94. The summed E-state index contributed by atoms with van der Waals surface area (Å²) in [4.78, 5) is 5.56. The Morgan fingerprint density at radius 2 is 1.75 bits per heavy atom. The van der Waals surface area contributed by atoms with Crippen molar-refractivity contribution >= 4 is 51.8 Å². The van der Waals surface area contributed by atoms with Gasteiger partial charge in [-0.25, -0.2) is 4.99 Å². The molecule has 0 fully saturated rings. The smallest absolute Gasteiger partial charge is 0.190 e. The lowest BCUT2D eigenvalue weighted by Crippen LogP contribution is -2.14. The third-order valence-corrected chi connectivity index (χ3v) is 5.03. The van der Waals surface area contributed by atoms with E-state index < -0.39 is 0 Å². The van der Waals surface area contributed by atoms with Crippen LogP contribution in [0, 0.1) is 0 Å². The maximum atomic E-state index is 6.36. The molecule has 3 aromatic rings. The van der Waals surface area contributed by atoms with Gasteiger partial charge in [-0.2, -0.15) is 0 Å². The standard InChI is InChI=1S/C18H13Cl3N2S/c1-2-9-23-17(15-8-5-13(20)10-16(15)21)11-24-18(23)22-14-6-3-12(19)4-7-14/h2-8,10-11H,1,9H2. The lowest BCUT2D eigenvalue weighted by molar-refractivity contribution is 0.800. The van der Waals surface area contributed by atoms with E-state index in [2.05, 4.69) is 11.1 Å². The van der Waals surface area contributed by atoms with Gasteiger partial charge in [0.15, 0.2) is 4.80 Å². The Hall–Kier alpha value is -1.52. The molecule has 1 heterocycles. The van der Waals surface area contributed by atoms with Crippen molar-refractivity contribution in [2.24, 2.45) is 4.99 Å². The number of rotatable bonds is 4. The molecule has 1 aromatic heterocycles. The quantitative estimate of drug-likeness (QED) is 0.443. The summed E-state index contributed by atoms with van der Waals surface area (Å²) in [6.07, 6.45) is 1.83. The van der Waals surface area contributed by atoms with Crippen molar-refractivity contribution in [2.75, 3.05) is 0 Å². The zero-order valence-corrected chi connectivity index (χ0v) is 15.6. The van der Waals surface area contributed by atoms with E-state index in [1.807, 2.05) is 47.9 Å². The number of halogens is 3. The molecule has 0 saturated carbocycles. The van der Waals surface area contributed by atoms with Gasteiger partial charge in [0, 0.05) is 27.5 Å². The molecular formula is C18H13Cl3N2S. The van der Waals surface area contributed by atoms with Crippen molar-refractivity contribution in [1.82, 2.24) is 4.57 Å². The number of hydrogen-bond donors (Lipinski definition) is 0. The van der Waals surface area contributed by atoms with Crippen LogP contribution in [0.1, 0.15) is 0 Å². The van der Waals surface area contributed by atoms with Crippen LogP contribution in [0.3, 0.4) is 0 Å². The SMILES string of the molecule is C=CCn1c(-c2ccc(Cl)cc2Cl)csc1=Nc1ccc(Cl)cc1. The first-order valence-corrected chi connectivity index (χ1v) is 9.15. The lowest BCUT2D eigenvalue weighted by Gasteiger charge is -2.08. The molecule has 0 radical (unpaired) electrons. The highest BCUT2D eigenvalue weighted by molar-refractivity contribution is 7.07. The molecular weight excluding hydrogens is 383 g/mol. The Balaban J connectivity index is 2.14. The Morgan fingerprint density at radius 3 is 2.42 bits per heavy atom. The molecule has 0 aliphatic heterocycles. The molecule has 0 unspecified atom stereocenters.